The van der Waals surface area contributed by atoms with E-state index in [0.717, 1.165) is 40.1 Å². The van der Waals surface area contributed by atoms with Gasteiger partial charge >= 0.3 is 0 Å². The second-order valence-electron chi connectivity index (χ2n) is 7.85. The lowest BCUT2D eigenvalue weighted by Gasteiger charge is -2.09. The average Bonchev–Trinajstić information content (AvgIpc) is 3.39. The molecule has 5 heteroatoms. The number of benzene rings is 2. The number of nitrogens with one attached hydrogen (secondary N) is 2. The van der Waals surface area contributed by atoms with E-state index >= 15 is 0 Å². The van der Waals surface area contributed by atoms with Gasteiger partial charge in [-0.1, -0.05) is 24.3 Å². The largest absolute Gasteiger partial charge is 0.361 e. The van der Waals surface area contributed by atoms with Gasteiger partial charge in [0, 0.05) is 45.8 Å². The molecule has 5 rings (SSSR count). The average molecular weight is 413 g/mol. The Hall–Kier alpha value is -3.15. The highest BCUT2D eigenvalue weighted by atomic mass is 32.1. The van der Waals surface area contributed by atoms with Crippen molar-refractivity contribution in [2.24, 2.45) is 0 Å². The van der Waals surface area contributed by atoms with Crippen LogP contribution in [0.5, 0.6) is 0 Å². The minimum absolute atomic E-state index is 1.05. The minimum atomic E-state index is 1.05. The summed E-state index contributed by atoms with van der Waals surface area (Å²) in [6.45, 7) is 1.05. The molecule has 0 radical (unpaired) electrons. The lowest BCUT2D eigenvalue weighted by molar-refractivity contribution is 0.413. The molecule has 0 amide bonds. The Morgan fingerprint density at radius 3 is 2.87 bits per heavy atom. The van der Waals surface area contributed by atoms with E-state index in [9.17, 15) is 0 Å². The molecule has 0 aliphatic carbocycles. The van der Waals surface area contributed by atoms with Crippen molar-refractivity contribution in [3.63, 3.8) is 0 Å². The van der Waals surface area contributed by atoms with Crippen molar-refractivity contribution >= 4 is 43.8 Å². The highest BCUT2D eigenvalue weighted by molar-refractivity contribution is 7.21. The summed E-state index contributed by atoms with van der Waals surface area (Å²) >= 11 is 1.75. The van der Waals surface area contributed by atoms with Crippen molar-refractivity contribution in [3.05, 3.63) is 78.6 Å². The van der Waals surface area contributed by atoms with Crippen molar-refractivity contribution in [1.82, 2.24) is 14.9 Å². The van der Waals surface area contributed by atoms with Crippen molar-refractivity contribution in [2.75, 3.05) is 26.0 Å². The first-order valence-electron chi connectivity index (χ1n) is 10.1. The molecule has 0 fully saturated rings. The molecule has 0 saturated carbocycles. The molecule has 0 aliphatic heterocycles. The van der Waals surface area contributed by atoms with Crippen molar-refractivity contribution < 1.29 is 0 Å². The standard InChI is InChI=1S/C25H24N4S/c1-29(2)13-10-17-4-3-5-19(14-17)24-16-21-23(9-12-27-25(21)30-24)28-20-6-7-22-18(15-20)8-11-26-22/h3-9,11-12,14-16,26H,10,13H2,1-2H3,(H,27,28). The van der Waals surface area contributed by atoms with Crippen LogP contribution >= 0.6 is 11.3 Å². The Morgan fingerprint density at radius 1 is 1.03 bits per heavy atom. The Kier molecular flexibility index (Phi) is 4.99. The number of nitrogens with zero attached hydrogens (tertiary/aromatic N) is 2. The molecule has 3 aromatic heterocycles. The number of hydrogen-bond donors (Lipinski definition) is 2. The third-order valence-corrected chi connectivity index (χ3v) is 6.42. The summed E-state index contributed by atoms with van der Waals surface area (Å²) in [4.78, 5) is 12.4. The normalized spacial score (nSPS) is 11.6. The third-order valence-electron chi connectivity index (χ3n) is 5.33. The fourth-order valence-corrected chi connectivity index (χ4v) is 4.73. The van der Waals surface area contributed by atoms with E-state index in [2.05, 4.69) is 88.9 Å². The van der Waals surface area contributed by atoms with Crippen LogP contribution in [-0.4, -0.2) is 35.5 Å². The third kappa shape index (κ3) is 3.82. The molecule has 4 nitrogen and oxygen atoms in total. The fourth-order valence-electron chi connectivity index (χ4n) is 3.71. The topological polar surface area (TPSA) is 44.0 Å². The number of hydrogen-bond acceptors (Lipinski definition) is 4. The van der Waals surface area contributed by atoms with E-state index in [0.29, 0.717) is 0 Å². The molecule has 0 atom stereocenters. The van der Waals surface area contributed by atoms with Gasteiger partial charge in [-0.05, 0) is 68.0 Å². The van der Waals surface area contributed by atoms with Crippen LogP contribution in [0.3, 0.4) is 0 Å². The smallest absolute Gasteiger partial charge is 0.125 e. The highest BCUT2D eigenvalue weighted by Gasteiger charge is 2.10. The van der Waals surface area contributed by atoms with Crippen molar-refractivity contribution in [3.8, 4) is 10.4 Å². The number of aromatic amines is 1. The van der Waals surface area contributed by atoms with Gasteiger partial charge < -0.3 is 15.2 Å². The van der Waals surface area contributed by atoms with E-state index in [-0.39, 0.29) is 0 Å². The van der Waals surface area contributed by atoms with Crippen LogP contribution < -0.4 is 5.32 Å². The summed E-state index contributed by atoms with van der Waals surface area (Å²) in [7, 11) is 4.23. The molecule has 2 N–H and O–H groups in total. The maximum Gasteiger partial charge on any atom is 0.125 e. The second-order valence-corrected chi connectivity index (χ2v) is 8.88. The summed E-state index contributed by atoms with van der Waals surface area (Å²) in [5, 5.41) is 5.94. The number of pyridine rings is 1. The Labute approximate surface area is 180 Å². The van der Waals surface area contributed by atoms with Gasteiger partial charge in [-0.3, -0.25) is 0 Å². The molecular weight excluding hydrogens is 388 g/mol. The highest BCUT2D eigenvalue weighted by Crippen LogP contribution is 2.37. The Morgan fingerprint density at radius 2 is 1.97 bits per heavy atom. The van der Waals surface area contributed by atoms with Gasteiger partial charge in [0.05, 0.1) is 5.69 Å². The van der Waals surface area contributed by atoms with E-state index < -0.39 is 0 Å². The van der Waals surface area contributed by atoms with E-state index in [4.69, 9.17) is 0 Å². The summed E-state index contributed by atoms with van der Waals surface area (Å²) in [6, 6.07) is 21.6. The number of thiophene rings is 1. The van der Waals surface area contributed by atoms with Crippen LogP contribution in [0.2, 0.25) is 0 Å². The molecule has 0 unspecified atom stereocenters. The Bertz CT molecular complexity index is 1320. The van der Waals surface area contributed by atoms with Crippen LogP contribution in [0.1, 0.15) is 5.56 Å². The lowest BCUT2D eigenvalue weighted by Crippen LogP contribution is -2.14. The maximum absolute atomic E-state index is 4.62. The number of likely N-dealkylation sites (N-methyl/N-ethyl adjacent to an activating group) is 1. The summed E-state index contributed by atoms with van der Waals surface area (Å²) in [5.41, 5.74) is 5.93. The SMILES string of the molecule is CN(C)CCc1cccc(-c2cc3c(Nc4ccc5[nH]ccc5c4)ccnc3s2)c1. The molecule has 2 aromatic carbocycles. The van der Waals surface area contributed by atoms with Crippen molar-refractivity contribution in [2.45, 2.75) is 6.42 Å². The minimum Gasteiger partial charge on any atom is -0.361 e. The fraction of sp³-hybridized carbons (Fsp3) is 0.160. The molecule has 3 heterocycles. The molecule has 0 bridgehead atoms. The van der Waals surface area contributed by atoms with Crippen LogP contribution in [0.15, 0.2) is 73.1 Å². The van der Waals surface area contributed by atoms with Crippen molar-refractivity contribution in [1.29, 1.82) is 0 Å². The molecule has 0 aliphatic rings. The van der Waals surface area contributed by atoms with Gasteiger partial charge in [0.15, 0.2) is 0 Å². The molecule has 5 aromatic rings. The van der Waals surface area contributed by atoms with Crippen LogP contribution in [0.4, 0.5) is 11.4 Å². The number of H-pyrrole nitrogens is 1. The Balaban J connectivity index is 1.47. The zero-order chi connectivity index (χ0) is 20.5. The first-order chi connectivity index (χ1) is 14.7. The quantitative estimate of drug-likeness (QED) is 0.344. The molecular formula is C25H24N4S. The molecule has 0 saturated heterocycles. The number of anilines is 2. The lowest BCUT2D eigenvalue weighted by atomic mass is 10.1. The number of aromatic nitrogens is 2. The van der Waals surface area contributed by atoms with Gasteiger partial charge in [0.1, 0.15) is 4.83 Å². The monoisotopic (exact) mass is 412 g/mol. The summed E-state index contributed by atoms with van der Waals surface area (Å²) in [5.74, 6) is 0. The van der Waals surface area contributed by atoms with Crippen LogP contribution in [-0.2, 0) is 6.42 Å². The maximum atomic E-state index is 4.62. The predicted molar refractivity (Wildman–Crippen MR) is 129 cm³/mol. The van der Waals surface area contributed by atoms with E-state index in [1.807, 2.05) is 18.5 Å². The molecule has 30 heavy (non-hydrogen) atoms. The van der Waals surface area contributed by atoms with Gasteiger partial charge in [0.2, 0.25) is 0 Å². The first kappa shape index (κ1) is 18.9. The van der Waals surface area contributed by atoms with Crippen LogP contribution in [0, 0.1) is 0 Å². The number of rotatable bonds is 6. The molecule has 0 spiro atoms. The number of fused-ring (bicyclic) bond motifs is 2. The zero-order valence-corrected chi connectivity index (χ0v) is 18.0. The van der Waals surface area contributed by atoms with Gasteiger partial charge in [0.25, 0.3) is 0 Å². The summed E-state index contributed by atoms with van der Waals surface area (Å²) < 4.78 is 0. The van der Waals surface area contributed by atoms with Crippen LogP contribution in [0.25, 0.3) is 31.6 Å². The predicted octanol–water partition coefficient (Wildman–Crippen LogP) is 6.29. The van der Waals surface area contributed by atoms with Gasteiger partial charge in [-0.25, -0.2) is 4.98 Å². The van der Waals surface area contributed by atoms with E-state index in [1.54, 1.807) is 11.3 Å². The molecule has 150 valence electrons. The zero-order valence-electron chi connectivity index (χ0n) is 17.1. The first-order valence-corrected chi connectivity index (χ1v) is 10.9. The summed E-state index contributed by atoms with van der Waals surface area (Å²) in [6.07, 6.45) is 4.91. The van der Waals surface area contributed by atoms with E-state index in [1.165, 1.54) is 21.4 Å². The second kappa shape index (κ2) is 7.94. The van der Waals surface area contributed by atoms with Gasteiger partial charge in [-0.2, -0.15) is 0 Å². The van der Waals surface area contributed by atoms with Gasteiger partial charge in [-0.15, -0.1) is 11.3 Å².